The summed E-state index contributed by atoms with van der Waals surface area (Å²) in [5, 5.41) is 8.32. The molecule has 1 atom stereocenters. The third kappa shape index (κ3) is 7.54. The van der Waals surface area contributed by atoms with Gasteiger partial charge in [-0.1, -0.05) is 13.5 Å². The van der Waals surface area contributed by atoms with E-state index < -0.39 is 11.9 Å². The van der Waals surface area contributed by atoms with E-state index in [9.17, 15) is 9.59 Å². The fourth-order valence-corrected chi connectivity index (χ4v) is 0.856. The van der Waals surface area contributed by atoms with E-state index in [1.165, 1.54) is 6.26 Å². The molecule has 0 saturated heterocycles. The predicted octanol–water partition coefficient (Wildman–Crippen LogP) is 1.33. The van der Waals surface area contributed by atoms with E-state index in [0.29, 0.717) is 6.42 Å². The molecule has 5 nitrogen and oxygen atoms in total. The Labute approximate surface area is 88.7 Å². The van der Waals surface area contributed by atoms with Crippen LogP contribution in [0.25, 0.3) is 0 Å². The topological polar surface area (TPSA) is 72.8 Å². The summed E-state index contributed by atoms with van der Waals surface area (Å²) >= 11 is 0. The second-order valence-electron chi connectivity index (χ2n) is 2.91. The Hall–Kier alpha value is -1.52. The van der Waals surface area contributed by atoms with Gasteiger partial charge in [-0.05, 0) is 6.42 Å². The summed E-state index contributed by atoms with van der Waals surface area (Å²) < 4.78 is 9.86. The first-order chi connectivity index (χ1) is 7.10. The maximum Gasteiger partial charge on any atom is 0.306 e. The largest absolute Gasteiger partial charge is 0.495 e. The Morgan fingerprint density at radius 2 is 2.13 bits per heavy atom. The summed E-state index contributed by atoms with van der Waals surface area (Å²) in [5.74, 6) is -1.54. The van der Waals surface area contributed by atoms with Gasteiger partial charge in [-0.25, -0.2) is 0 Å². The summed E-state index contributed by atoms with van der Waals surface area (Å²) in [6.07, 6.45) is 1.45. The summed E-state index contributed by atoms with van der Waals surface area (Å²) in [6.45, 7) is 5.41. The summed E-state index contributed by atoms with van der Waals surface area (Å²) in [5.41, 5.74) is 0. The molecule has 15 heavy (non-hydrogen) atoms. The van der Waals surface area contributed by atoms with Gasteiger partial charge < -0.3 is 14.6 Å². The van der Waals surface area contributed by atoms with Crippen molar-refractivity contribution in [3.05, 3.63) is 12.8 Å². The number of carbonyl (C=O) groups is 2. The highest BCUT2D eigenvalue weighted by Gasteiger charge is 2.11. The van der Waals surface area contributed by atoms with Gasteiger partial charge in [0.2, 0.25) is 0 Å². The number of hydrogen-bond donors (Lipinski definition) is 1. The highest BCUT2D eigenvalue weighted by molar-refractivity contribution is 5.76. The Kier molecular flexibility index (Phi) is 7.05. The van der Waals surface area contributed by atoms with Crippen molar-refractivity contribution in [2.75, 3.05) is 6.61 Å². The molecule has 0 aromatic heterocycles. The molecule has 86 valence electrons. The van der Waals surface area contributed by atoms with E-state index in [0.717, 1.165) is 0 Å². The van der Waals surface area contributed by atoms with Gasteiger partial charge in [-0.2, -0.15) is 0 Å². The second kappa shape index (κ2) is 7.84. The SMILES string of the molecule is C=COC(CC)COC(=O)CCC(=O)O. The zero-order chi connectivity index (χ0) is 11.7. The zero-order valence-electron chi connectivity index (χ0n) is 8.77. The number of aliphatic carboxylic acids is 1. The molecule has 0 aliphatic heterocycles. The van der Waals surface area contributed by atoms with Gasteiger partial charge in [0.25, 0.3) is 0 Å². The van der Waals surface area contributed by atoms with Crippen LogP contribution < -0.4 is 0 Å². The number of carboxylic acid groups (broad SMARTS) is 1. The van der Waals surface area contributed by atoms with Crippen molar-refractivity contribution in [2.45, 2.75) is 32.3 Å². The molecule has 0 spiro atoms. The molecule has 5 heteroatoms. The van der Waals surface area contributed by atoms with Crippen molar-refractivity contribution in [3.63, 3.8) is 0 Å². The molecular weight excluding hydrogens is 200 g/mol. The molecule has 0 amide bonds. The first kappa shape index (κ1) is 13.5. The molecule has 0 radical (unpaired) electrons. The number of carboxylic acids is 1. The summed E-state index contributed by atoms with van der Waals surface area (Å²) in [6, 6.07) is 0. The van der Waals surface area contributed by atoms with Gasteiger partial charge in [-0.15, -0.1) is 0 Å². The van der Waals surface area contributed by atoms with E-state index in [4.69, 9.17) is 14.6 Å². The second-order valence-corrected chi connectivity index (χ2v) is 2.91. The van der Waals surface area contributed by atoms with Gasteiger partial charge in [0.15, 0.2) is 0 Å². The first-order valence-electron chi connectivity index (χ1n) is 4.74. The molecular formula is C10H16O5. The average molecular weight is 216 g/mol. The van der Waals surface area contributed by atoms with Crippen molar-refractivity contribution < 1.29 is 24.2 Å². The lowest BCUT2D eigenvalue weighted by atomic mass is 10.3. The van der Waals surface area contributed by atoms with Crippen molar-refractivity contribution in [1.82, 2.24) is 0 Å². The third-order valence-corrected chi connectivity index (χ3v) is 1.72. The standard InChI is InChI=1S/C10H16O5/c1-3-8(14-4-2)7-15-10(13)6-5-9(11)12/h4,8H,2-3,5-7H2,1H3,(H,11,12). The van der Waals surface area contributed by atoms with Crippen molar-refractivity contribution in [2.24, 2.45) is 0 Å². The van der Waals surface area contributed by atoms with E-state index in [2.05, 4.69) is 6.58 Å². The van der Waals surface area contributed by atoms with Gasteiger partial charge in [0.05, 0.1) is 19.1 Å². The summed E-state index contributed by atoms with van der Waals surface area (Å²) in [4.78, 5) is 21.2. The number of carbonyl (C=O) groups excluding carboxylic acids is 1. The van der Waals surface area contributed by atoms with E-state index in [1.54, 1.807) is 0 Å². The van der Waals surface area contributed by atoms with Crippen LogP contribution in [0, 0.1) is 0 Å². The first-order valence-corrected chi connectivity index (χ1v) is 4.74. The minimum atomic E-state index is -1.01. The molecule has 0 rings (SSSR count). The van der Waals surface area contributed by atoms with E-state index >= 15 is 0 Å². The number of hydrogen-bond acceptors (Lipinski definition) is 4. The van der Waals surface area contributed by atoms with Gasteiger partial charge >= 0.3 is 11.9 Å². The lowest BCUT2D eigenvalue weighted by molar-refractivity contribution is -0.150. The Bertz CT molecular complexity index is 224. The highest BCUT2D eigenvalue weighted by atomic mass is 16.6. The summed E-state index contributed by atoms with van der Waals surface area (Å²) in [7, 11) is 0. The van der Waals surface area contributed by atoms with Crippen LogP contribution in [0.1, 0.15) is 26.2 Å². The minimum absolute atomic E-state index is 0.111. The van der Waals surface area contributed by atoms with Crippen molar-refractivity contribution in [1.29, 1.82) is 0 Å². The molecule has 0 aliphatic carbocycles. The molecule has 0 fully saturated rings. The predicted molar refractivity (Wildman–Crippen MR) is 53.2 cm³/mol. The fraction of sp³-hybridized carbons (Fsp3) is 0.600. The molecule has 0 heterocycles. The molecule has 0 bridgehead atoms. The minimum Gasteiger partial charge on any atom is -0.495 e. The Balaban J connectivity index is 3.67. The molecule has 0 saturated carbocycles. The van der Waals surface area contributed by atoms with Crippen LogP contribution in [0.5, 0.6) is 0 Å². The average Bonchev–Trinajstić information content (AvgIpc) is 2.21. The molecule has 0 aliphatic rings. The maximum absolute atomic E-state index is 11.0. The Morgan fingerprint density at radius 3 is 2.60 bits per heavy atom. The van der Waals surface area contributed by atoms with Gasteiger partial charge in [0, 0.05) is 0 Å². The van der Waals surface area contributed by atoms with Crippen molar-refractivity contribution >= 4 is 11.9 Å². The number of ether oxygens (including phenoxy) is 2. The van der Waals surface area contributed by atoms with Crippen LogP contribution in [0.3, 0.4) is 0 Å². The van der Waals surface area contributed by atoms with Crippen LogP contribution in [-0.2, 0) is 19.1 Å². The molecule has 1 unspecified atom stereocenters. The van der Waals surface area contributed by atoms with Crippen molar-refractivity contribution in [3.8, 4) is 0 Å². The lowest BCUT2D eigenvalue weighted by Gasteiger charge is -2.14. The highest BCUT2D eigenvalue weighted by Crippen LogP contribution is 2.01. The van der Waals surface area contributed by atoms with Gasteiger partial charge in [0.1, 0.15) is 12.7 Å². The number of rotatable bonds is 8. The molecule has 0 aromatic rings. The maximum atomic E-state index is 11.0. The lowest BCUT2D eigenvalue weighted by Crippen LogP contribution is -2.20. The van der Waals surface area contributed by atoms with Crippen LogP contribution >= 0.6 is 0 Å². The fourth-order valence-electron chi connectivity index (χ4n) is 0.856. The van der Waals surface area contributed by atoms with Crippen LogP contribution in [-0.4, -0.2) is 29.8 Å². The van der Waals surface area contributed by atoms with Crippen LogP contribution in [0.15, 0.2) is 12.8 Å². The smallest absolute Gasteiger partial charge is 0.306 e. The van der Waals surface area contributed by atoms with Crippen LogP contribution in [0.2, 0.25) is 0 Å². The zero-order valence-corrected chi connectivity index (χ0v) is 8.77. The van der Waals surface area contributed by atoms with Crippen LogP contribution in [0.4, 0.5) is 0 Å². The molecule has 1 N–H and O–H groups in total. The van der Waals surface area contributed by atoms with E-state index in [1.807, 2.05) is 6.92 Å². The molecule has 0 aromatic carbocycles. The number of esters is 1. The van der Waals surface area contributed by atoms with Gasteiger partial charge in [-0.3, -0.25) is 9.59 Å². The van der Waals surface area contributed by atoms with E-state index in [-0.39, 0.29) is 25.6 Å². The Morgan fingerprint density at radius 1 is 1.47 bits per heavy atom. The quantitative estimate of drug-likeness (QED) is 0.489. The third-order valence-electron chi connectivity index (χ3n) is 1.72. The normalized spacial score (nSPS) is 11.5. The monoisotopic (exact) mass is 216 g/mol.